The van der Waals surface area contributed by atoms with E-state index < -0.39 is 0 Å². The first-order chi connectivity index (χ1) is 11.3. The molecule has 4 rings (SSSR count). The second kappa shape index (κ2) is 5.77. The summed E-state index contributed by atoms with van der Waals surface area (Å²) < 4.78 is 9.59. The summed E-state index contributed by atoms with van der Waals surface area (Å²) in [5.74, 6) is 0.0293. The maximum absolute atomic E-state index is 12.9. The van der Waals surface area contributed by atoms with Gasteiger partial charge in [-0.2, -0.15) is 5.10 Å². The Hall–Kier alpha value is -2.22. The van der Waals surface area contributed by atoms with E-state index in [-0.39, 0.29) is 18.1 Å². The van der Waals surface area contributed by atoms with Gasteiger partial charge in [0.25, 0.3) is 5.91 Å². The van der Waals surface area contributed by atoms with Gasteiger partial charge >= 0.3 is 0 Å². The molecule has 0 N–H and O–H groups in total. The Labute approximate surface area is 134 Å². The summed E-state index contributed by atoms with van der Waals surface area (Å²) in [6.45, 7) is 4.67. The van der Waals surface area contributed by atoms with Gasteiger partial charge < -0.3 is 9.64 Å². The van der Waals surface area contributed by atoms with E-state index in [1.165, 1.54) is 0 Å². The number of carbonyl (C=O) groups is 1. The summed E-state index contributed by atoms with van der Waals surface area (Å²) in [5, 5.41) is 12.4. The number of aromatic nitrogens is 5. The highest BCUT2D eigenvalue weighted by molar-refractivity contribution is 5.92. The summed E-state index contributed by atoms with van der Waals surface area (Å²) >= 11 is 0. The summed E-state index contributed by atoms with van der Waals surface area (Å²) in [6, 6.07) is 1.84. The second-order valence-corrected chi connectivity index (χ2v) is 6.07. The van der Waals surface area contributed by atoms with Crippen molar-refractivity contribution in [2.24, 2.45) is 0 Å². The first kappa shape index (κ1) is 14.4. The molecule has 23 heavy (non-hydrogen) atoms. The summed E-state index contributed by atoms with van der Waals surface area (Å²) in [5.41, 5.74) is 1.62. The van der Waals surface area contributed by atoms with Crippen LogP contribution in [-0.4, -0.2) is 54.8 Å². The maximum Gasteiger partial charge on any atom is 0.272 e. The highest BCUT2D eigenvalue weighted by Crippen LogP contribution is 2.30. The Morgan fingerprint density at radius 3 is 3.26 bits per heavy atom. The van der Waals surface area contributed by atoms with Crippen LogP contribution in [-0.2, 0) is 17.9 Å². The van der Waals surface area contributed by atoms with Crippen molar-refractivity contribution in [1.82, 2.24) is 29.7 Å². The number of fused-ring (bicyclic) bond motifs is 3. The van der Waals surface area contributed by atoms with E-state index in [0.717, 1.165) is 25.1 Å². The Morgan fingerprint density at radius 1 is 1.48 bits per heavy atom. The van der Waals surface area contributed by atoms with Crippen LogP contribution in [0.2, 0.25) is 0 Å². The van der Waals surface area contributed by atoms with Crippen molar-refractivity contribution >= 4 is 5.91 Å². The third-order valence-corrected chi connectivity index (χ3v) is 4.59. The second-order valence-electron chi connectivity index (χ2n) is 6.07. The predicted molar refractivity (Wildman–Crippen MR) is 80.7 cm³/mol. The standard InChI is InChI=1S/C15H20N6O2/c1-2-6-20-12(3-5-17-20)15(22)19-7-4-14-13(9-19)21-11(10-23-14)8-16-18-21/h3,5,8,13-14H,2,4,6-7,9-10H2,1H3/t13-,14-/m1/s1. The molecule has 1 fully saturated rings. The molecule has 0 spiro atoms. The van der Waals surface area contributed by atoms with E-state index >= 15 is 0 Å². The van der Waals surface area contributed by atoms with Gasteiger partial charge in [0, 0.05) is 25.8 Å². The van der Waals surface area contributed by atoms with Crippen LogP contribution in [0.15, 0.2) is 18.5 Å². The van der Waals surface area contributed by atoms with Crippen LogP contribution in [0.5, 0.6) is 0 Å². The van der Waals surface area contributed by atoms with Crippen molar-refractivity contribution in [3.8, 4) is 0 Å². The topological polar surface area (TPSA) is 78.1 Å². The minimum atomic E-state index is 0.0293. The maximum atomic E-state index is 12.9. The van der Waals surface area contributed by atoms with Crippen molar-refractivity contribution in [3.63, 3.8) is 0 Å². The van der Waals surface area contributed by atoms with Gasteiger partial charge in [-0.05, 0) is 18.9 Å². The van der Waals surface area contributed by atoms with Crippen LogP contribution in [0.25, 0.3) is 0 Å². The van der Waals surface area contributed by atoms with Gasteiger partial charge in [0.2, 0.25) is 0 Å². The zero-order chi connectivity index (χ0) is 15.8. The average molecular weight is 316 g/mol. The lowest BCUT2D eigenvalue weighted by atomic mass is 10.00. The summed E-state index contributed by atoms with van der Waals surface area (Å²) in [4.78, 5) is 14.7. The van der Waals surface area contributed by atoms with E-state index in [0.29, 0.717) is 25.4 Å². The van der Waals surface area contributed by atoms with E-state index in [2.05, 4.69) is 22.3 Å². The molecule has 0 unspecified atom stereocenters. The zero-order valence-electron chi connectivity index (χ0n) is 13.1. The van der Waals surface area contributed by atoms with Crippen molar-refractivity contribution in [2.75, 3.05) is 13.1 Å². The third kappa shape index (κ3) is 2.42. The SMILES string of the molecule is CCCn1nccc1C(=O)N1CC[C@H]2OCc3cnnn3[C@@H]2C1. The van der Waals surface area contributed by atoms with Crippen LogP contribution < -0.4 is 0 Å². The molecule has 2 aromatic rings. The molecule has 0 radical (unpaired) electrons. The molecule has 1 amide bonds. The monoisotopic (exact) mass is 316 g/mol. The van der Waals surface area contributed by atoms with Gasteiger partial charge in [-0.1, -0.05) is 12.1 Å². The number of nitrogens with zero attached hydrogens (tertiary/aromatic N) is 6. The van der Waals surface area contributed by atoms with Crippen LogP contribution in [0.4, 0.5) is 0 Å². The number of carbonyl (C=O) groups excluding carboxylic acids is 1. The minimum Gasteiger partial charge on any atom is -0.370 e. The number of hydrogen-bond donors (Lipinski definition) is 0. The quantitative estimate of drug-likeness (QED) is 0.839. The molecule has 8 heteroatoms. The Kier molecular flexibility index (Phi) is 3.60. The van der Waals surface area contributed by atoms with Gasteiger partial charge in [-0.15, -0.1) is 5.10 Å². The molecule has 2 aromatic heterocycles. The Morgan fingerprint density at radius 2 is 2.39 bits per heavy atom. The molecule has 0 saturated carbocycles. The first-order valence-corrected chi connectivity index (χ1v) is 8.09. The number of hydrogen-bond acceptors (Lipinski definition) is 5. The van der Waals surface area contributed by atoms with E-state index in [1.54, 1.807) is 23.1 Å². The fourth-order valence-corrected chi connectivity index (χ4v) is 3.43. The molecule has 0 aromatic carbocycles. The highest BCUT2D eigenvalue weighted by atomic mass is 16.5. The van der Waals surface area contributed by atoms with Crippen LogP contribution in [0.3, 0.4) is 0 Å². The molecule has 2 atom stereocenters. The smallest absolute Gasteiger partial charge is 0.272 e. The van der Waals surface area contributed by atoms with Gasteiger partial charge in [0.1, 0.15) is 5.69 Å². The first-order valence-electron chi connectivity index (χ1n) is 8.09. The summed E-state index contributed by atoms with van der Waals surface area (Å²) in [6.07, 6.45) is 5.29. The lowest BCUT2D eigenvalue weighted by Gasteiger charge is -2.40. The molecule has 1 saturated heterocycles. The molecule has 122 valence electrons. The molecule has 4 heterocycles. The highest BCUT2D eigenvalue weighted by Gasteiger charge is 2.38. The van der Waals surface area contributed by atoms with Crippen molar-refractivity contribution < 1.29 is 9.53 Å². The minimum absolute atomic E-state index is 0.0293. The van der Waals surface area contributed by atoms with Gasteiger partial charge in [-0.25, -0.2) is 4.68 Å². The van der Waals surface area contributed by atoms with Crippen LogP contribution >= 0.6 is 0 Å². The number of rotatable bonds is 3. The number of ether oxygens (including phenoxy) is 1. The predicted octanol–water partition coefficient (Wildman–Crippen LogP) is 0.871. The van der Waals surface area contributed by atoms with E-state index in [4.69, 9.17) is 4.74 Å². The average Bonchev–Trinajstić information content (AvgIpc) is 3.23. The lowest BCUT2D eigenvalue weighted by molar-refractivity contribution is -0.0606. The molecular formula is C15H20N6O2. The van der Waals surface area contributed by atoms with E-state index in [1.807, 2.05) is 9.58 Å². The Bertz CT molecular complexity index is 708. The molecule has 0 bridgehead atoms. The Balaban J connectivity index is 1.55. The zero-order valence-corrected chi connectivity index (χ0v) is 13.1. The molecule has 8 nitrogen and oxygen atoms in total. The van der Waals surface area contributed by atoms with Crippen molar-refractivity contribution in [1.29, 1.82) is 0 Å². The van der Waals surface area contributed by atoms with Gasteiger partial charge in [0.05, 0.1) is 30.6 Å². The molecule has 2 aliphatic heterocycles. The molecule has 2 aliphatic rings. The van der Waals surface area contributed by atoms with Crippen molar-refractivity contribution in [3.05, 3.63) is 29.8 Å². The fraction of sp³-hybridized carbons (Fsp3) is 0.600. The summed E-state index contributed by atoms with van der Waals surface area (Å²) in [7, 11) is 0. The van der Waals surface area contributed by atoms with Gasteiger partial charge in [-0.3, -0.25) is 9.48 Å². The van der Waals surface area contributed by atoms with Crippen LogP contribution in [0.1, 0.15) is 42.0 Å². The van der Waals surface area contributed by atoms with Crippen molar-refractivity contribution in [2.45, 2.75) is 45.1 Å². The number of likely N-dealkylation sites (tertiary alicyclic amines) is 1. The number of amides is 1. The largest absolute Gasteiger partial charge is 0.370 e. The molecular weight excluding hydrogens is 296 g/mol. The fourth-order valence-electron chi connectivity index (χ4n) is 3.43. The lowest BCUT2D eigenvalue weighted by Crippen LogP contribution is -2.50. The third-order valence-electron chi connectivity index (χ3n) is 4.59. The van der Waals surface area contributed by atoms with E-state index in [9.17, 15) is 4.79 Å². The normalized spacial score (nSPS) is 23.4. The molecule has 0 aliphatic carbocycles. The van der Waals surface area contributed by atoms with Crippen LogP contribution in [0, 0.1) is 0 Å². The number of aryl methyl sites for hydroxylation is 1. The van der Waals surface area contributed by atoms with Gasteiger partial charge in [0.15, 0.2) is 0 Å². The number of piperidine rings is 1.